The van der Waals surface area contributed by atoms with Gasteiger partial charge in [-0.25, -0.2) is 0 Å². The van der Waals surface area contributed by atoms with Crippen molar-refractivity contribution in [2.45, 2.75) is 46.1 Å². The van der Waals surface area contributed by atoms with Gasteiger partial charge in [0.2, 0.25) is 5.91 Å². The van der Waals surface area contributed by atoms with Gasteiger partial charge >= 0.3 is 0 Å². The first-order valence-electron chi connectivity index (χ1n) is 11.3. The van der Waals surface area contributed by atoms with Crippen LogP contribution in [0.3, 0.4) is 0 Å². The summed E-state index contributed by atoms with van der Waals surface area (Å²) in [7, 11) is 1.72. The number of allylic oxidation sites excluding steroid dienone is 1. The van der Waals surface area contributed by atoms with Crippen LogP contribution in [0.4, 0.5) is 0 Å². The van der Waals surface area contributed by atoms with Gasteiger partial charge in [-0.15, -0.1) is 0 Å². The van der Waals surface area contributed by atoms with Crippen molar-refractivity contribution in [2.24, 2.45) is 5.92 Å². The molecule has 0 bridgehead atoms. The molecule has 1 aromatic carbocycles. The van der Waals surface area contributed by atoms with Gasteiger partial charge < -0.3 is 10.1 Å². The third-order valence-corrected chi connectivity index (χ3v) is 6.54. The molecule has 0 radical (unpaired) electrons. The van der Waals surface area contributed by atoms with Gasteiger partial charge in [-0.1, -0.05) is 31.6 Å². The lowest BCUT2D eigenvalue weighted by atomic mass is 9.85. The summed E-state index contributed by atoms with van der Waals surface area (Å²) in [4.78, 5) is 18.6. The van der Waals surface area contributed by atoms with Crippen LogP contribution in [0.1, 0.15) is 55.5 Å². The third kappa shape index (κ3) is 4.82. The van der Waals surface area contributed by atoms with E-state index in [4.69, 9.17) is 4.74 Å². The predicted octanol–water partition coefficient (Wildman–Crippen LogP) is 4.18. The van der Waals surface area contributed by atoms with Crippen LogP contribution in [-0.2, 0) is 17.8 Å². The van der Waals surface area contributed by atoms with Crippen LogP contribution in [0.5, 0.6) is 5.75 Å². The van der Waals surface area contributed by atoms with Crippen LogP contribution in [-0.4, -0.2) is 42.5 Å². The molecular formula is C26H33N3O2. The van der Waals surface area contributed by atoms with E-state index in [-0.39, 0.29) is 11.8 Å². The van der Waals surface area contributed by atoms with E-state index in [1.54, 1.807) is 7.05 Å². The highest BCUT2D eigenvalue weighted by Gasteiger charge is 2.32. The number of aromatic nitrogens is 1. The molecule has 5 heteroatoms. The highest BCUT2D eigenvalue weighted by atomic mass is 16.5. The molecule has 164 valence electrons. The Bertz CT molecular complexity index is 973. The summed E-state index contributed by atoms with van der Waals surface area (Å²) in [5.41, 5.74) is 7.76. The summed E-state index contributed by atoms with van der Waals surface area (Å²) in [5, 5.41) is 2.75. The van der Waals surface area contributed by atoms with Crippen LogP contribution in [0, 0.1) is 5.92 Å². The van der Waals surface area contributed by atoms with Gasteiger partial charge in [0.25, 0.3) is 0 Å². The van der Waals surface area contributed by atoms with E-state index in [9.17, 15) is 4.79 Å². The van der Waals surface area contributed by atoms with E-state index >= 15 is 0 Å². The number of aryl methyl sites for hydroxylation is 1. The molecule has 2 aliphatic rings. The molecule has 4 rings (SSSR count). The largest absolute Gasteiger partial charge is 0.489 e. The molecular weight excluding hydrogens is 386 g/mol. The van der Waals surface area contributed by atoms with Crippen LogP contribution >= 0.6 is 0 Å². The standard InChI is InChI=1S/C26H33N3O2/c1-17(2)25-10-5-19(12-28-25)16-31-23-8-9-24-18(3)21(7-6-20(24)11-23)13-29-14-22(15-29)26(30)27-4/h5,8-12,17,22H,6-7,13-16H2,1-4H3,(H,27,30). The molecule has 1 N–H and O–H groups in total. The second kappa shape index (κ2) is 9.23. The van der Waals surface area contributed by atoms with Crippen molar-refractivity contribution in [1.82, 2.24) is 15.2 Å². The van der Waals surface area contributed by atoms with Gasteiger partial charge in [0.15, 0.2) is 0 Å². The minimum absolute atomic E-state index is 0.151. The molecule has 1 aromatic heterocycles. The molecule has 1 aliphatic heterocycles. The molecule has 1 aliphatic carbocycles. The smallest absolute Gasteiger partial charge is 0.225 e. The van der Waals surface area contributed by atoms with E-state index in [1.807, 2.05) is 6.20 Å². The number of likely N-dealkylation sites (tertiary alicyclic amines) is 1. The Balaban J connectivity index is 1.37. The molecule has 31 heavy (non-hydrogen) atoms. The van der Waals surface area contributed by atoms with Gasteiger partial charge in [-0.3, -0.25) is 14.7 Å². The molecule has 5 nitrogen and oxygen atoms in total. The Kier molecular flexibility index (Phi) is 6.42. The third-order valence-electron chi connectivity index (χ3n) is 6.54. The number of hydrogen-bond donors (Lipinski definition) is 1. The van der Waals surface area contributed by atoms with Crippen molar-refractivity contribution in [2.75, 3.05) is 26.7 Å². The minimum atomic E-state index is 0.151. The Morgan fingerprint density at radius 3 is 2.71 bits per heavy atom. The Hall–Kier alpha value is -2.66. The van der Waals surface area contributed by atoms with Crippen molar-refractivity contribution in [3.63, 3.8) is 0 Å². The van der Waals surface area contributed by atoms with Crippen LogP contribution in [0.25, 0.3) is 5.57 Å². The molecule has 1 amide bonds. The van der Waals surface area contributed by atoms with Crippen molar-refractivity contribution in [3.05, 3.63) is 64.5 Å². The second-order valence-corrected chi connectivity index (χ2v) is 9.09. The summed E-state index contributed by atoms with van der Waals surface area (Å²) in [6, 6.07) is 10.7. The summed E-state index contributed by atoms with van der Waals surface area (Å²) in [5.74, 6) is 1.67. The summed E-state index contributed by atoms with van der Waals surface area (Å²) in [6.07, 6.45) is 4.03. The molecule has 2 aromatic rings. The molecule has 1 saturated heterocycles. The number of rotatable bonds is 7. The maximum Gasteiger partial charge on any atom is 0.225 e. The normalized spacial score (nSPS) is 16.8. The Morgan fingerprint density at radius 2 is 2.03 bits per heavy atom. The van der Waals surface area contributed by atoms with Crippen LogP contribution in [0.2, 0.25) is 0 Å². The summed E-state index contributed by atoms with van der Waals surface area (Å²) >= 11 is 0. The monoisotopic (exact) mass is 419 g/mol. The first-order valence-corrected chi connectivity index (χ1v) is 11.3. The van der Waals surface area contributed by atoms with Crippen molar-refractivity contribution >= 4 is 11.5 Å². The number of nitrogens with one attached hydrogen (secondary N) is 1. The van der Waals surface area contributed by atoms with Crippen molar-refractivity contribution < 1.29 is 9.53 Å². The van der Waals surface area contributed by atoms with E-state index in [2.05, 4.69) is 66.3 Å². The molecule has 0 spiro atoms. The Labute approximate surface area is 185 Å². The molecule has 1 fully saturated rings. The van der Waals surface area contributed by atoms with Gasteiger partial charge in [0.1, 0.15) is 12.4 Å². The number of benzene rings is 1. The quantitative estimate of drug-likeness (QED) is 0.731. The SMILES string of the molecule is CNC(=O)C1CN(CC2=C(C)c3ccc(OCc4ccc(C(C)C)nc4)cc3CC2)C1. The first kappa shape index (κ1) is 21.6. The highest BCUT2D eigenvalue weighted by Crippen LogP contribution is 2.34. The highest BCUT2D eigenvalue weighted by molar-refractivity contribution is 5.79. The number of carbonyl (C=O) groups is 1. The average molecular weight is 420 g/mol. The predicted molar refractivity (Wildman–Crippen MR) is 124 cm³/mol. The van der Waals surface area contributed by atoms with E-state index in [1.165, 1.54) is 22.3 Å². The number of carbonyl (C=O) groups excluding carboxylic acids is 1. The number of nitrogens with zero attached hydrogens (tertiary/aromatic N) is 2. The summed E-state index contributed by atoms with van der Waals surface area (Å²) in [6.45, 7) is 9.76. The zero-order chi connectivity index (χ0) is 22.0. The number of amides is 1. The molecule has 0 unspecified atom stereocenters. The zero-order valence-electron chi connectivity index (χ0n) is 19.1. The fourth-order valence-electron chi connectivity index (χ4n) is 4.46. The lowest BCUT2D eigenvalue weighted by Gasteiger charge is -2.39. The van der Waals surface area contributed by atoms with E-state index < -0.39 is 0 Å². The fraction of sp³-hybridized carbons (Fsp3) is 0.462. The number of ether oxygens (including phenoxy) is 1. The minimum Gasteiger partial charge on any atom is -0.489 e. The maximum atomic E-state index is 11.7. The molecule has 2 heterocycles. The lowest BCUT2D eigenvalue weighted by Crippen LogP contribution is -2.53. The second-order valence-electron chi connectivity index (χ2n) is 9.09. The van der Waals surface area contributed by atoms with Crippen molar-refractivity contribution in [1.29, 1.82) is 0 Å². The summed E-state index contributed by atoms with van der Waals surface area (Å²) < 4.78 is 6.05. The topological polar surface area (TPSA) is 54.5 Å². The average Bonchev–Trinajstić information content (AvgIpc) is 2.75. The first-order chi connectivity index (χ1) is 14.9. The van der Waals surface area contributed by atoms with E-state index in [0.717, 1.165) is 49.5 Å². The van der Waals surface area contributed by atoms with Gasteiger partial charge in [0.05, 0.1) is 5.92 Å². The maximum absolute atomic E-state index is 11.7. The zero-order valence-corrected chi connectivity index (χ0v) is 19.1. The Morgan fingerprint density at radius 1 is 1.23 bits per heavy atom. The van der Waals surface area contributed by atoms with Crippen LogP contribution in [0.15, 0.2) is 42.1 Å². The number of pyridine rings is 1. The van der Waals surface area contributed by atoms with Gasteiger partial charge in [0, 0.05) is 44.1 Å². The molecule has 0 atom stereocenters. The fourth-order valence-corrected chi connectivity index (χ4v) is 4.46. The van der Waals surface area contributed by atoms with Gasteiger partial charge in [-0.05, 0) is 60.6 Å². The number of fused-ring (bicyclic) bond motifs is 1. The number of hydrogen-bond acceptors (Lipinski definition) is 4. The van der Waals surface area contributed by atoms with Crippen LogP contribution < -0.4 is 10.1 Å². The lowest BCUT2D eigenvalue weighted by molar-refractivity contribution is -0.129. The molecule has 0 saturated carbocycles. The van der Waals surface area contributed by atoms with Crippen molar-refractivity contribution in [3.8, 4) is 5.75 Å². The van der Waals surface area contributed by atoms with Gasteiger partial charge in [-0.2, -0.15) is 0 Å². The van der Waals surface area contributed by atoms with E-state index in [0.29, 0.717) is 12.5 Å².